The monoisotopic (exact) mass is 291 g/mol. The minimum Gasteiger partial charge on any atom is -0.496 e. The third kappa shape index (κ3) is 2.27. The molecule has 20 heavy (non-hydrogen) atoms. The largest absolute Gasteiger partial charge is 0.496 e. The first-order chi connectivity index (χ1) is 9.62. The van der Waals surface area contributed by atoms with Gasteiger partial charge in [-0.05, 0) is 25.0 Å². The molecule has 0 radical (unpaired) electrons. The van der Waals surface area contributed by atoms with Crippen LogP contribution >= 0.6 is 0 Å². The molecule has 1 saturated carbocycles. The Labute approximate surface area is 118 Å². The summed E-state index contributed by atoms with van der Waals surface area (Å²) in [5, 5.41) is 1.50. The second kappa shape index (κ2) is 5.07. The molecule has 0 amide bonds. The van der Waals surface area contributed by atoms with Crippen LogP contribution in [0, 0.1) is 0 Å². The molecule has 0 unspecified atom stereocenters. The van der Waals surface area contributed by atoms with Crippen LogP contribution in [0.2, 0.25) is 0 Å². The summed E-state index contributed by atoms with van der Waals surface area (Å²) in [6.45, 7) is 0. The van der Waals surface area contributed by atoms with Crippen LogP contribution in [0.15, 0.2) is 41.3 Å². The van der Waals surface area contributed by atoms with Gasteiger partial charge in [-0.1, -0.05) is 30.7 Å². The molecule has 2 aromatic rings. The SMILES string of the molecule is COc1ccc(S(=O)(=O)NC2CCC2)c2ccccc12. The first-order valence-electron chi connectivity index (χ1n) is 6.70. The van der Waals surface area contributed by atoms with E-state index in [-0.39, 0.29) is 6.04 Å². The van der Waals surface area contributed by atoms with Gasteiger partial charge in [0.2, 0.25) is 10.0 Å². The van der Waals surface area contributed by atoms with Crippen molar-refractivity contribution in [2.24, 2.45) is 0 Å². The minimum atomic E-state index is -3.48. The molecule has 3 rings (SSSR count). The number of nitrogens with one attached hydrogen (secondary N) is 1. The van der Waals surface area contributed by atoms with Crippen molar-refractivity contribution in [1.82, 2.24) is 4.72 Å². The van der Waals surface area contributed by atoms with Crippen LogP contribution in [0.25, 0.3) is 10.8 Å². The van der Waals surface area contributed by atoms with Gasteiger partial charge in [0.25, 0.3) is 0 Å². The van der Waals surface area contributed by atoms with Crippen molar-refractivity contribution in [1.29, 1.82) is 0 Å². The van der Waals surface area contributed by atoms with Gasteiger partial charge in [-0.15, -0.1) is 0 Å². The van der Waals surface area contributed by atoms with E-state index in [2.05, 4.69) is 4.72 Å². The Morgan fingerprint density at radius 3 is 2.40 bits per heavy atom. The van der Waals surface area contributed by atoms with Gasteiger partial charge in [0.15, 0.2) is 0 Å². The fraction of sp³-hybridized carbons (Fsp3) is 0.333. The van der Waals surface area contributed by atoms with Crippen molar-refractivity contribution < 1.29 is 13.2 Å². The molecule has 0 heterocycles. The maximum absolute atomic E-state index is 12.5. The third-order valence-electron chi connectivity index (χ3n) is 3.78. The zero-order valence-electron chi connectivity index (χ0n) is 11.3. The van der Waals surface area contributed by atoms with Crippen LogP contribution in [-0.4, -0.2) is 21.6 Å². The van der Waals surface area contributed by atoms with E-state index in [1.807, 2.05) is 24.3 Å². The lowest BCUT2D eigenvalue weighted by Gasteiger charge is -2.26. The Bertz CT molecular complexity index is 736. The molecule has 1 aliphatic rings. The van der Waals surface area contributed by atoms with Gasteiger partial charge in [-0.25, -0.2) is 13.1 Å². The smallest absolute Gasteiger partial charge is 0.241 e. The molecular weight excluding hydrogens is 274 g/mol. The highest BCUT2D eigenvalue weighted by Gasteiger charge is 2.26. The van der Waals surface area contributed by atoms with Crippen molar-refractivity contribution in [3.05, 3.63) is 36.4 Å². The van der Waals surface area contributed by atoms with Crippen LogP contribution < -0.4 is 9.46 Å². The van der Waals surface area contributed by atoms with E-state index in [1.54, 1.807) is 19.2 Å². The maximum Gasteiger partial charge on any atom is 0.241 e. The van der Waals surface area contributed by atoms with Crippen molar-refractivity contribution in [2.45, 2.75) is 30.2 Å². The standard InChI is InChI=1S/C15H17NO3S/c1-19-14-9-10-15(13-8-3-2-7-12(13)14)20(17,18)16-11-5-4-6-11/h2-3,7-11,16H,4-6H2,1H3. The summed E-state index contributed by atoms with van der Waals surface area (Å²) in [6, 6.07) is 10.8. The van der Waals surface area contributed by atoms with Crippen LogP contribution in [0.4, 0.5) is 0 Å². The van der Waals surface area contributed by atoms with Gasteiger partial charge in [-0.2, -0.15) is 0 Å². The van der Waals surface area contributed by atoms with E-state index < -0.39 is 10.0 Å². The topological polar surface area (TPSA) is 55.4 Å². The molecule has 5 heteroatoms. The summed E-state index contributed by atoms with van der Waals surface area (Å²) in [5.74, 6) is 0.684. The number of fused-ring (bicyclic) bond motifs is 1. The van der Waals surface area contributed by atoms with Crippen molar-refractivity contribution >= 4 is 20.8 Å². The number of benzene rings is 2. The first-order valence-corrected chi connectivity index (χ1v) is 8.18. The molecular formula is C15H17NO3S. The fourth-order valence-electron chi connectivity index (χ4n) is 2.47. The molecule has 0 spiro atoms. The number of sulfonamides is 1. The van der Waals surface area contributed by atoms with Gasteiger partial charge in [0.05, 0.1) is 12.0 Å². The zero-order valence-corrected chi connectivity index (χ0v) is 12.1. The highest BCUT2D eigenvalue weighted by atomic mass is 32.2. The molecule has 0 bridgehead atoms. The summed E-state index contributed by atoms with van der Waals surface area (Å²) in [6.07, 6.45) is 2.94. The van der Waals surface area contributed by atoms with Crippen molar-refractivity contribution in [2.75, 3.05) is 7.11 Å². The normalized spacial score (nSPS) is 16.1. The Morgan fingerprint density at radius 1 is 1.10 bits per heavy atom. The number of methoxy groups -OCH3 is 1. The quantitative estimate of drug-likeness (QED) is 0.942. The average molecular weight is 291 g/mol. The van der Waals surface area contributed by atoms with Crippen LogP contribution in [0.5, 0.6) is 5.75 Å². The van der Waals surface area contributed by atoms with Gasteiger partial charge >= 0.3 is 0 Å². The first kappa shape index (κ1) is 13.4. The molecule has 0 saturated heterocycles. The summed E-state index contributed by atoms with van der Waals surface area (Å²) in [4.78, 5) is 0.320. The Hall–Kier alpha value is -1.59. The lowest BCUT2D eigenvalue weighted by molar-refractivity contribution is 0.383. The van der Waals surface area contributed by atoms with Crippen LogP contribution in [0.3, 0.4) is 0 Å². The number of rotatable bonds is 4. The highest BCUT2D eigenvalue weighted by molar-refractivity contribution is 7.89. The molecule has 2 aromatic carbocycles. The molecule has 0 atom stereocenters. The third-order valence-corrected chi connectivity index (χ3v) is 5.36. The average Bonchev–Trinajstić information content (AvgIpc) is 2.42. The summed E-state index contributed by atoms with van der Waals surface area (Å²) < 4.78 is 33.1. The Kier molecular flexibility index (Phi) is 3.40. The predicted octanol–water partition coefficient (Wildman–Crippen LogP) is 2.68. The van der Waals surface area contributed by atoms with Gasteiger partial charge in [-0.3, -0.25) is 0 Å². The lowest BCUT2D eigenvalue weighted by Crippen LogP contribution is -2.39. The lowest BCUT2D eigenvalue weighted by atomic mass is 9.94. The van der Waals surface area contributed by atoms with Gasteiger partial charge in [0, 0.05) is 16.8 Å². The molecule has 1 N–H and O–H groups in total. The molecule has 0 aromatic heterocycles. The second-order valence-corrected chi connectivity index (χ2v) is 6.74. The summed E-state index contributed by atoms with van der Waals surface area (Å²) in [5.41, 5.74) is 0. The molecule has 4 nitrogen and oxygen atoms in total. The number of hydrogen-bond donors (Lipinski definition) is 1. The van der Waals surface area contributed by atoms with Crippen molar-refractivity contribution in [3.63, 3.8) is 0 Å². The molecule has 0 aliphatic heterocycles. The number of hydrogen-bond acceptors (Lipinski definition) is 3. The van der Waals surface area contributed by atoms with E-state index in [4.69, 9.17) is 4.74 Å². The molecule has 1 aliphatic carbocycles. The Balaban J connectivity index is 2.11. The molecule has 106 valence electrons. The summed E-state index contributed by atoms with van der Waals surface area (Å²) in [7, 11) is -1.89. The van der Waals surface area contributed by atoms with E-state index in [1.165, 1.54) is 0 Å². The summed E-state index contributed by atoms with van der Waals surface area (Å²) >= 11 is 0. The predicted molar refractivity (Wildman–Crippen MR) is 78.5 cm³/mol. The number of ether oxygens (including phenoxy) is 1. The molecule has 1 fully saturated rings. The van der Waals surface area contributed by atoms with Crippen LogP contribution in [-0.2, 0) is 10.0 Å². The van der Waals surface area contributed by atoms with E-state index in [0.29, 0.717) is 16.0 Å². The van der Waals surface area contributed by atoms with E-state index >= 15 is 0 Å². The van der Waals surface area contributed by atoms with Gasteiger partial charge in [0.1, 0.15) is 5.75 Å². The van der Waals surface area contributed by atoms with E-state index in [9.17, 15) is 8.42 Å². The van der Waals surface area contributed by atoms with E-state index in [0.717, 1.165) is 24.6 Å². The Morgan fingerprint density at radius 2 is 1.80 bits per heavy atom. The highest BCUT2D eigenvalue weighted by Crippen LogP contribution is 2.31. The van der Waals surface area contributed by atoms with Crippen LogP contribution in [0.1, 0.15) is 19.3 Å². The maximum atomic E-state index is 12.5. The zero-order chi connectivity index (χ0) is 14.2. The van der Waals surface area contributed by atoms with Gasteiger partial charge < -0.3 is 4.74 Å². The second-order valence-electron chi connectivity index (χ2n) is 5.06. The fourth-order valence-corrected chi connectivity index (χ4v) is 3.98. The van der Waals surface area contributed by atoms with Crippen molar-refractivity contribution in [3.8, 4) is 5.75 Å². The minimum absolute atomic E-state index is 0.0841.